The van der Waals surface area contributed by atoms with E-state index in [1.165, 1.54) is 0 Å². The minimum absolute atomic E-state index is 0.0127. The first-order chi connectivity index (χ1) is 7.90. The first-order valence-electron chi connectivity index (χ1n) is 5.90. The maximum atomic E-state index is 12.0. The van der Waals surface area contributed by atoms with Gasteiger partial charge in [-0.1, -0.05) is 0 Å². The van der Waals surface area contributed by atoms with Crippen LogP contribution in [-0.4, -0.2) is 43.7 Å². The number of nitrogens with zero attached hydrogens (tertiary/aromatic N) is 1. The van der Waals surface area contributed by atoms with Crippen molar-refractivity contribution in [2.45, 2.75) is 31.9 Å². The molecule has 1 amide bonds. The van der Waals surface area contributed by atoms with Crippen molar-refractivity contribution in [2.75, 3.05) is 26.7 Å². The third-order valence-electron chi connectivity index (χ3n) is 3.17. The third-order valence-corrected chi connectivity index (χ3v) is 3.17. The van der Waals surface area contributed by atoms with Crippen LogP contribution in [0.5, 0.6) is 0 Å². The molecule has 100 valence electrons. The molecular weight excluding hydrogens is 233 g/mol. The molecule has 1 rings (SSSR count). The quantitative estimate of drug-likeness (QED) is 0.827. The van der Waals surface area contributed by atoms with Crippen LogP contribution in [0.3, 0.4) is 0 Å². The zero-order chi connectivity index (χ0) is 12.9. The maximum absolute atomic E-state index is 12.0. The highest BCUT2D eigenvalue weighted by Crippen LogP contribution is 2.24. The molecule has 0 aliphatic carbocycles. The minimum Gasteiger partial charge on any atom is -0.359 e. The Hall–Kier alpha value is -0.780. The van der Waals surface area contributed by atoms with Gasteiger partial charge in [0.05, 0.1) is 6.42 Å². The topological polar surface area (TPSA) is 32.3 Å². The molecule has 0 aromatic rings. The van der Waals surface area contributed by atoms with Crippen molar-refractivity contribution >= 4 is 5.91 Å². The lowest BCUT2D eigenvalue weighted by Crippen LogP contribution is -2.37. The Labute approximate surface area is 99.4 Å². The molecule has 0 radical (unpaired) electrons. The minimum atomic E-state index is -4.07. The van der Waals surface area contributed by atoms with Crippen LogP contribution in [0.1, 0.15) is 25.7 Å². The average molecular weight is 252 g/mol. The van der Waals surface area contributed by atoms with Gasteiger partial charge in [0, 0.05) is 20.0 Å². The molecule has 1 fully saturated rings. The zero-order valence-electron chi connectivity index (χ0n) is 10.0. The average Bonchev–Trinajstić information content (AvgIpc) is 2.27. The van der Waals surface area contributed by atoms with E-state index in [1.807, 2.05) is 4.90 Å². The fourth-order valence-corrected chi connectivity index (χ4v) is 2.06. The van der Waals surface area contributed by atoms with E-state index in [2.05, 4.69) is 5.32 Å². The summed E-state index contributed by atoms with van der Waals surface area (Å²) < 4.78 is 36.1. The molecule has 1 aliphatic heterocycles. The molecule has 3 nitrogen and oxygen atoms in total. The van der Waals surface area contributed by atoms with Gasteiger partial charge in [0.15, 0.2) is 0 Å². The summed E-state index contributed by atoms with van der Waals surface area (Å²) in [5, 5.41) is 2.57. The van der Waals surface area contributed by atoms with Crippen LogP contribution in [0.15, 0.2) is 0 Å². The van der Waals surface area contributed by atoms with E-state index in [1.54, 1.807) is 7.05 Å². The molecule has 0 bridgehead atoms. The normalized spacial score (nSPS) is 19.3. The number of nitrogens with one attached hydrogen (secondary N) is 1. The van der Waals surface area contributed by atoms with Gasteiger partial charge in [0.1, 0.15) is 0 Å². The van der Waals surface area contributed by atoms with Crippen LogP contribution in [-0.2, 0) is 4.79 Å². The van der Waals surface area contributed by atoms with Gasteiger partial charge < -0.3 is 10.2 Å². The van der Waals surface area contributed by atoms with Crippen LogP contribution in [0.4, 0.5) is 13.2 Å². The van der Waals surface area contributed by atoms with Gasteiger partial charge in [-0.05, 0) is 31.8 Å². The van der Waals surface area contributed by atoms with Crippen molar-refractivity contribution < 1.29 is 18.0 Å². The molecule has 17 heavy (non-hydrogen) atoms. The van der Waals surface area contributed by atoms with Gasteiger partial charge in [0.25, 0.3) is 0 Å². The first-order valence-corrected chi connectivity index (χ1v) is 5.90. The molecule has 1 aliphatic rings. The number of likely N-dealkylation sites (tertiary alicyclic amines) is 1. The highest BCUT2D eigenvalue weighted by atomic mass is 19.4. The fraction of sp³-hybridized carbons (Fsp3) is 0.909. The molecule has 0 saturated carbocycles. The van der Waals surface area contributed by atoms with Crippen LogP contribution >= 0.6 is 0 Å². The number of hydrogen-bond donors (Lipinski definition) is 1. The van der Waals surface area contributed by atoms with Crippen molar-refractivity contribution in [3.05, 3.63) is 0 Å². The summed E-state index contributed by atoms with van der Waals surface area (Å²) in [4.78, 5) is 13.0. The summed E-state index contributed by atoms with van der Waals surface area (Å²) in [6.45, 7) is 1.41. The van der Waals surface area contributed by atoms with Crippen LogP contribution in [0.2, 0.25) is 0 Å². The highest BCUT2D eigenvalue weighted by Gasteiger charge is 2.29. The maximum Gasteiger partial charge on any atom is 0.390 e. The molecule has 0 aromatic heterocycles. The number of carbonyl (C=O) groups is 1. The van der Waals surface area contributed by atoms with E-state index in [0.717, 1.165) is 12.8 Å². The van der Waals surface area contributed by atoms with Gasteiger partial charge in [-0.25, -0.2) is 0 Å². The molecule has 0 atom stereocenters. The Balaban J connectivity index is 2.19. The van der Waals surface area contributed by atoms with Gasteiger partial charge in [0.2, 0.25) is 5.91 Å². The van der Waals surface area contributed by atoms with Crippen molar-refractivity contribution in [3.63, 3.8) is 0 Å². The van der Waals surface area contributed by atoms with E-state index < -0.39 is 12.6 Å². The summed E-state index contributed by atoms with van der Waals surface area (Å²) in [6.07, 6.45) is -2.70. The number of halogens is 3. The van der Waals surface area contributed by atoms with Gasteiger partial charge in [-0.15, -0.1) is 0 Å². The predicted octanol–water partition coefficient (Wildman–Crippen LogP) is 1.79. The van der Waals surface area contributed by atoms with Crippen molar-refractivity contribution in [1.29, 1.82) is 0 Å². The summed E-state index contributed by atoms with van der Waals surface area (Å²) in [7, 11) is 1.60. The van der Waals surface area contributed by atoms with E-state index in [-0.39, 0.29) is 12.5 Å². The number of piperidine rings is 1. The van der Waals surface area contributed by atoms with Gasteiger partial charge >= 0.3 is 6.18 Å². The fourth-order valence-electron chi connectivity index (χ4n) is 2.06. The number of amides is 1. The summed E-state index contributed by atoms with van der Waals surface area (Å²) in [5.41, 5.74) is 0. The van der Waals surface area contributed by atoms with Gasteiger partial charge in [-0.2, -0.15) is 13.2 Å². The molecule has 0 unspecified atom stereocenters. The predicted molar refractivity (Wildman–Crippen MR) is 58.5 cm³/mol. The second-order valence-corrected chi connectivity index (χ2v) is 4.53. The molecule has 1 N–H and O–H groups in total. The number of alkyl halides is 3. The molecule has 1 saturated heterocycles. The van der Waals surface area contributed by atoms with E-state index in [4.69, 9.17) is 0 Å². The number of rotatable bonds is 4. The largest absolute Gasteiger partial charge is 0.390 e. The Morgan fingerprint density at radius 2 is 1.94 bits per heavy atom. The molecule has 6 heteroatoms. The standard InChI is InChI=1S/C11H19F3N2O/c1-15-10(17)8-9-2-5-16(6-3-9)7-4-11(12,13)14/h9H,2-8H2,1H3,(H,15,17). The van der Waals surface area contributed by atoms with E-state index >= 15 is 0 Å². The molecule has 0 aromatic carbocycles. The lowest BCUT2D eigenvalue weighted by Gasteiger charge is -2.31. The second-order valence-electron chi connectivity index (χ2n) is 4.53. The summed E-state index contributed by atoms with van der Waals surface area (Å²) in [6, 6.07) is 0. The smallest absolute Gasteiger partial charge is 0.359 e. The number of carbonyl (C=O) groups excluding carboxylic acids is 1. The summed E-state index contributed by atoms with van der Waals surface area (Å²) >= 11 is 0. The zero-order valence-corrected chi connectivity index (χ0v) is 10.0. The van der Waals surface area contributed by atoms with Crippen molar-refractivity contribution in [2.24, 2.45) is 5.92 Å². The molecular formula is C11H19F3N2O. The number of hydrogen-bond acceptors (Lipinski definition) is 2. The second kappa shape index (κ2) is 6.23. The van der Waals surface area contributed by atoms with E-state index in [9.17, 15) is 18.0 Å². The lowest BCUT2D eigenvalue weighted by atomic mass is 9.93. The van der Waals surface area contributed by atoms with Crippen LogP contribution in [0.25, 0.3) is 0 Å². The first kappa shape index (κ1) is 14.3. The third kappa shape index (κ3) is 5.91. The van der Waals surface area contributed by atoms with Crippen LogP contribution < -0.4 is 5.32 Å². The summed E-state index contributed by atoms with van der Waals surface area (Å²) in [5.74, 6) is 0.329. The lowest BCUT2D eigenvalue weighted by molar-refractivity contribution is -0.138. The van der Waals surface area contributed by atoms with Crippen LogP contribution in [0, 0.1) is 5.92 Å². The SMILES string of the molecule is CNC(=O)CC1CCN(CCC(F)(F)F)CC1. The Kier molecular flexibility index (Phi) is 5.24. The van der Waals surface area contributed by atoms with Gasteiger partial charge in [-0.3, -0.25) is 4.79 Å². The van der Waals surface area contributed by atoms with E-state index in [0.29, 0.717) is 25.4 Å². The highest BCUT2D eigenvalue weighted by molar-refractivity contribution is 5.75. The van der Waals surface area contributed by atoms with Crippen molar-refractivity contribution in [3.8, 4) is 0 Å². The molecule has 0 spiro atoms. The Bertz CT molecular complexity index is 248. The molecule has 1 heterocycles. The Morgan fingerprint density at radius 3 is 2.41 bits per heavy atom. The van der Waals surface area contributed by atoms with Crippen molar-refractivity contribution in [1.82, 2.24) is 10.2 Å². The monoisotopic (exact) mass is 252 g/mol. The Morgan fingerprint density at radius 1 is 1.35 bits per heavy atom.